The predicted molar refractivity (Wildman–Crippen MR) is 71.0 cm³/mol. The fourth-order valence-corrected chi connectivity index (χ4v) is 2.01. The zero-order valence-corrected chi connectivity index (χ0v) is 11.6. The van der Waals surface area contributed by atoms with E-state index in [1.54, 1.807) is 13.3 Å². The average Bonchev–Trinajstić information content (AvgIpc) is 2.25. The van der Waals surface area contributed by atoms with E-state index < -0.39 is 10.8 Å². The molecular formula is C9H16ClN5OS. The lowest BCUT2D eigenvalue weighted by molar-refractivity contribution is 0.677. The van der Waals surface area contributed by atoms with Crippen LogP contribution >= 0.6 is 11.6 Å². The van der Waals surface area contributed by atoms with Crippen molar-refractivity contribution in [2.24, 2.45) is 0 Å². The first-order valence-electron chi connectivity index (χ1n) is 5.17. The van der Waals surface area contributed by atoms with Gasteiger partial charge in [0.2, 0.25) is 17.2 Å². The molecule has 0 radical (unpaired) electrons. The summed E-state index contributed by atoms with van der Waals surface area (Å²) in [6.07, 6.45) is 2.47. The van der Waals surface area contributed by atoms with E-state index in [1.165, 1.54) is 0 Å². The highest BCUT2D eigenvalue weighted by Gasteiger charge is 2.08. The van der Waals surface area contributed by atoms with Crippen molar-refractivity contribution in [1.29, 1.82) is 0 Å². The number of hydrogen-bond acceptors (Lipinski definition) is 6. The van der Waals surface area contributed by atoms with Gasteiger partial charge in [0.15, 0.2) is 0 Å². The minimum Gasteiger partial charge on any atom is -0.357 e. The quantitative estimate of drug-likeness (QED) is 0.812. The van der Waals surface area contributed by atoms with Crippen molar-refractivity contribution in [2.45, 2.75) is 19.4 Å². The molecule has 0 aliphatic heterocycles. The van der Waals surface area contributed by atoms with E-state index in [9.17, 15) is 4.21 Å². The largest absolute Gasteiger partial charge is 0.357 e. The van der Waals surface area contributed by atoms with E-state index in [-0.39, 0.29) is 11.3 Å². The second-order valence-electron chi connectivity index (χ2n) is 3.61. The molecule has 0 saturated carbocycles. The minimum atomic E-state index is -0.786. The summed E-state index contributed by atoms with van der Waals surface area (Å²) in [5.74, 6) is 1.48. The van der Waals surface area contributed by atoms with E-state index in [4.69, 9.17) is 11.6 Å². The first kappa shape index (κ1) is 14.1. The molecule has 1 rings (SSSR count). The van der Waals surface area contributed by atoms with Crippen LogP contribution in [0.25, 0.3) is 0 Å². The van der Waals surface area contributed by atoms with Crippen LogP contribution in [0, 0.1) is 0 Å². The predicted octanol–water partition coefficient (Wildman–Crippen LogP) is 1.14. The summed E-state index contributed by atoms with van der Waals surface area (Å²) in [5, 5.41) is 6.03. The maximum absolute atomic E-state index is 11.0. The normalized spacial score (nSPS) is 14.1. The summed E-state index contributed by atoms with van der Waals surface area (Å²) in [6.45, 7) is 1.98. The monoisotopic (exact) mass is 277 g/mol. The Morgan fingerprint density at radius 2 is 2.00 bits per heavy atom. The van der Waals surface area contributed by atoms with E-state index >= 15 is 0 Å². The number of halogens is 1. The van der Waals surface area contributed by atoms with E-state index in [0.717, 1.165) is 6.42 Å². The molecule has 0 aliphatic carbocycles. The first-order valence-corrected chi connectivity index (χ1v) is 7.27. The lowest BCUT2D eigenvalue weighted by Crippen LogP contribution is -2.20. The molecule has 0 saturated heterocycles. The zero-order valence-electron chi connectivity index (χ0n) is 10.0. The molecule has 0 amide bonds. The fraction of sp³-hybridized carbons (Fsp3) is 0.667. The summed E-state index contributed by atoms with van der Waals surface area (Å²) < 4.78 is 11.0. The van der Waals surface area contributed by atoms with Crippen LogP contribution in [0.5, 0.6) is 0 Å². The van der Waals surface area contributed by atoms with E-state index in [0.29, 0.717) is 17.6 Å². The number of hydrogen-bond donors (Lipinski definition) is 2. The second-order valence-corrected chi connectivity index (χ2v) is 5.51. The van der Waals surface area contributed by atoms with Gasteiger partial charge in [-0.15, -0.1) is 0 Å². The molecule has 0 aromatic carbocycles. The third-order valence-electron chi connectivity index (χ3n) is 2.05. The van der Waals surface area contributed by atoms with Crippen LogP contribution in [0.4, 0.5) is 11.9 Å². The second kappa shape index (κ2) is 6.70. The zero-order chi connectivity index (χ0) is 12.8. The Hall–Kier alpha value is -0.950. The van der Waals surface area contributed by atoms with Crippen molar-refractivity contribution >= 4 is 34.3 Å². The molecule has 2 atom stereocenters. The van der Waals surface area contributed by atoms with Crippen molar-refractivity contribution in [3.8, 4) is 0 Å². The number of nitrogens with zero attached hydrogens (tertiary/aromatic N) is 3. The summed E-state index contributed by atoms with van der Waals surface area (Å²) in [4.78, 5) is 12.0. The molecule has 2 unspecified atom stereocenters. The average molecular weight is 278 g/mol. The van der Waals surface area contributed by atoms with Gasteiger partial charge < -0.3 is 10.6 Å². The number of rotatable bonds is 6. The highest BCUT2D eigenvalue weighted by Crippen LogP contribution is 2.10. The Kier molecular flexibility index (Phi) is 5.57. The van der Waals surface area contributed by atoms with Crippen LogP contribution in [0.3, 0.4) is 0 Å². The molecule has 1 aromatic heterocycles. The van der Waals surface area contributed by atoms with Gasteiger partial charge in [-0.1, -0.05) is 0 Å². The maximum Gasteiger partial charge on any atom is 0.229 e. The summed E-state index contributed by atoms with van der Waals surface area (Å²) in [6, 6.07) is 0.127. The highest BCUT2D eigenvalue weighted by atomic mass is 35.5. The molecule has 8 heteroatoms. The standard InChI is InChI=1S/C9H16ClN5OS/c1-6(4-5-17(3)16)12-9-14-7(10)13-8(11-2)15-9/h6H,4-5H2,1-3H3,(H2,11,12,13,14,15). The van der Waals surface area contributed by atoms with Crippen molar-refractivity contribution in [1.82, 2.24) is 15.0 Å². The number of nitrogens with one attached hydrogen (secondary N) is 2. The third-order valence-corrected chi connectivity index (χ3v) is 3.03. The van der Waals surface area contributed by atoms with Crippen LogP contribution < -0.4 is 10.6 Å². The van der Waals surface area contributed by atoms with E-state index in [2.05, 4.69) is 25.6 Å². The van der Waals surface area contributed by atoms with Crippen LogP contribution in [-0.4, -0.2) is 44.3 Å². The van der Waals surface area contributed by atoms with Gasteiger partial charge in [0.1, 0.15) is 0 Å². The molecule has 1 heterocycles. The van der Waals surface area contributed by atoms with Crippen LogP contribution in [0.1, 0.15) is 13.3 Å². The Morgan fingerprint density at radius 3 is 2.59 bits per heavy atom. The van der Waals surface area contributed by atoms with Gasteiger partial charge >= 0.3 is 0 Å². The van der Waals surface area contributed by atoms with Gasteiger partial charge in [0.05, 0.1) is 0 Å². The Morgan fingerprint density at radius 1 is 1.35 bits per heavy atom. The number of anilines is 2. The molecular weight excluding hydrogens is 262 g/mol. The van der Waals surface area contributed by atoms with Gasteiger partial charge in [0.25, 0.3) is 0 Å². The smallest absolute Gasteiger partial charge is 0.229 e. The fourth-order valence-electron chi connectivity index (χ4n) is 1.16. The molecule has 6 nitrogen and oxygen atoms in total. The molecule has 0 spiro atoms. The Bertz CT molecular complexity index is 403. The molecule has 0 aliphatic rings. The molecule has 0 fully saturated rings. The molecule has 2 N–H and O–H groups in total. The lowest BCUT2D eigenvalue weighted by atomic mass is 10.3. The molecule has 0 bridgehead atoms. The summed E-state index contributed by atoms with van der Waals surface area (Å²) >= 11 is 5.75. The highest BCUT2D eigenvalue weighted by molar-refractivity contribution is 7.84. The Labute approximate surface area is 108 Å². The van der Waals surface area contributed by atoms with E-state index in [1.807, 2.05) is 6.92 Å². The van der Waals surface area contributed by atoms with Crippen molar-refractivity contribution < 1.29 is 4.21 Å². The third kappa shape index (κ3) is 5.27. The molecule has 96 valence electrons. The van der Waals surface area contributed by atoms with Crippen molar-refractivity contribution in [2.75, 3.05) is 29.7 Å². The summed E-state index contributed by atoms with van der Waals surface area (Å²) in [7, 11) is 0.921. The molecule has 17 heavy (non-hydrogen) atoms. The van der Waals surface area contributed by atoms with Crippen LogP contribution in [0.15, 0.2) is 0 Å². The SMILES string of the molecule is CNc1nc(Cl)nc(NC(C)CCS(C)=O)n1. The minimum absolute atomic E-state index is 0.127. The maximum atomic E-state index is 11.0. The van der Waals surface area contributed by atoms with Gasteiger partial charge in [0, 0.05) is 35.9 Å². The van der Waals surface area contributed by atoms with Gasteiger partial charge in [-0.3, -0.25) is 4.21 Å². The van der Waals surface area contributed by atoms with Gasteiger partial charge in [-0.05, 0) is 24.9 Å². The van der Waals surface area contributed by atoms with Crippen molar-refractivity contribution in [3.05, 3.63) is 5.28 Å². The lowest BCUT2D eigenvalue weighted by Gasteiger charge is -2.13. The Balaban J connectivity index is 2.61. The summed E-state index contributed by atoms with van der Waals surface area (Å²) in [5.41, 5.74) is 0. The van der Waals surface area contributed by atoms with Gasteiger partial charge in [-0.25, -0.2) is 0 Å². The van der Waals surface area contributed by atoms with Crippen LogP contribution in [0.2, 0.25) is 5.28 Å². The topological polar surface area (TPSA) is 79.8 Å². The molecule has 1 aromatic rings. The first-order chi connectivity index (χ1) is 8.01. The number of aromatic nitrogens is 3. The van der Waals surface area contributed by atoms with Crippen LogP contribution in [-0.2, 0) is 10.8 Å². The van der Waals surface area contributed by atoms with Crippen molar-refractivity contribution in [3.63, 3.8) is 0 Å². The van der Waals surface area contributed by atoms with Gasteiger partial charge in [-0.2, -0.15) is 15.0 Å².